The molecule has 5 atom stereocenters. The number of carbonyl (C=O) groups excluding carboxylic acids is 1. The van der Waals surface area contributed by atoms with Crippen LogP contribution in [0.5, 0.6) is 5.75 Å². The van der Waals surface area contributed by atoms with Crippen molar-refractivity contribution < 1.29 is 33.2 Å². The van der Waals surface area contributed by atoms with Gasteiger partial charge in [0.25, 0.3) is 5.91 Å². The first kappa shape index (κ1) is 19.6. The highest BCUT2D eigenvalue weighted by Crippen LogP contribution is 2.44. The smallest absolute Gasteiger partial charge is 0.256 e. The molecule has 3 aliphatic heterocycles. The van der Waals surface area contributed by atoms with E-state index in [9.17, 15) is 4.79 Å². The number of hydrogen-bond acceptors (Lipinski definition) is 7. The molecule has 3 fully saturated rings. The normalized spacial score (nSPS) is 35.1. The summed E-state index contributed by atoms with van der Waals surface area (Å²) in [5.74, 6) is -1.25. The lowest BCUT2D eigenvalue weighted by atomic mass is 9.98. The third kappa shape index (κ3) is 3.75. The molecule has 8 nitrogen and oxygen atoms in total. The van der Waals surface area contributed by atoms with Crippen molar-refractivity contribution in [1.29, 1.82) is 0 Å². The van der Waals surface area contributed by atoms with Crippen LogP contribution in [0.2, 0.25) is 0 Å². The summed E-state index contributed by atoms with van der Waals surface area (Å²) < 4.78 is 35.2. The quantitative estimate of drug-likeness (QED) is 0.841. The molecule has 0 radical (unpaired) electrons. The van der Waals surface area contributed by atoms with Gasteiger partial charge in [0.2, 0.25) is 0 Å². The standard InChI is InChI=1S/C20H27NO7/c1-6-23-12-9-7-11(8-10-12)21-17(22)15-13-14(26-19(2,3)25-13)16-18(24-15)28-20(4,5)27-16/h7-10,13-16,18H,6H2,1-5H3,(H,21,22)/t13-,14-,15+,16-,18+/m0/s1. The number of fused-ring (bicyclic) bond motifs is 3. The minimum Gasteiger partial charge on any atom is -0.494 e. The summed E-state index contributed by atoms with van der Waals surface area (Å²) in [6, 6.07) is 7.16. The minimum absolute atomic E-state index is 0.327. The largest absolute Gasteiger partial charge is 0.494 e. The van der Waals surface area contributed by atoms with Crippen molar-refractivity contribution in [2.24, 2.45) is 0 Å². The lowest BCUT2D eigenvalue weighted by molar-refractivity contribution is -0.229. The maximum absolute atomic E-state index is 13.0. The summed E-state index contributed by atoms with van der Waals surface area (Å²) in [7, 11) is 0. The molecule has 1 amide bonds. The van der Waals surface area contributed by atoms with Gasteiger partial charge in [0.15, 0.2) is 24.0 Å². The topological polar surface area (TPSA) is 84.5 Å². The highest BCUT2D eigenvalue weighted by atomic mass is 16.9. The second-order valence-electron chi connectivity index (χ2n) is 8.04. The number of anilines is 1. The summed E-state index contributed by atoms with van der Waals surface area (Å²) in [5.41, 5.74) is 0.637. The van der Waals surface area contributed by atoms with Crippen LogP contribution in [0.15, 0.2) is 24.3 Å². The molecule has 28 heavy (non-hydrogen) atoms. The van der Waals surface area contributed by atoms with Crippen LogP contribution in [0.4, 0.5) is 5.69 Å². The SMILES string of the molecule is CCOc1ccc(NC(=O)[C@@H]2O[C@@H]3OC(C)(C)O[C@H]3[C@H]3OC(C)(C)O[C@@H]32)cc1. The van der Waals surface area contributed by atoms with E-state index in [1.165, 1.54) is 0 Å². The highest BCUT2D eigenvalue weighted by molar-refractivity contribution is 5.94. The molecule has 4 rings (SSSR count). The van der Waals surface area contributed by atoms with E-state index in [0.717, 1.165) is 5.75 Å². The zero-order valence-electron chi connectivity index (χ0n) is 16.8. The molecule has 154 valence electrons. The van der Waals surface area contributed by atoms with Gasteiger partial charge in [-0.1, -0.05) is 0 Å². The Hall–Kier alpha value is -1.71. The predicted molar refractivity (Wildman–Crippen MR) is 98.8 cm³/mol. The number of benzene rings is 1. The van der Waals surface area contributed by atoms with Crippen LogP contribution in [-0.2, 0) is 28.5 Å². The van der Waals surface area contributed by atoms with Gasteiger partial charge in [-0.05, 0) is 58.9 Å². The molecular formula is C20H27NO7. The molecule has 0 spiro atoms. The number of rotatable bonds is 4. The van der Waals surface area contributed by atoms with Crippen molar-refractivity contribution in [2.75, 3.05) is 11.9 Å². The molecule has 0 unspecified atom stereocenters. The molecule has 1 aromatic carbocycles. The van der Waals surface area contributed by atoms with Crippen molar-refractivity contribution in [3.05, 3.63) is 24.3 Å². The van der Waals surface area contributed by atoms with E-state index in [2.05, 4.69) is 5.32 Å². The predicted octanol–water partition coefficient (Wildman–Crippen LogP) is 2.42. The Kier molecular flexibility index (Phi) is 4.87. The molecule has 3 heterocycles. The Balaban J connectivity index is 1.52. The van der Waals surface area contributed by atoms with Gasteiger partial charge in [-0.25, -0.2) is 0 Å². The molecule has 1 N–H and O–H groups in total. The van der Waals surface area contributed by atoms with Crippen LogP contribution in [0.1, 0.15) is 34.6 Å². The first-order chi connectivity index (χ1) is 13.2. The first-order valence-electron chi connectivity index (χ1n) is 9.58. The fourth-order valence-electron chi connectivity index (χ4n) is 3.84. The zero-order valence-corrected chi connectivity index (χ0v) is 16.8. The van der Waals surface area contributed by atoms with E-state index < -0.39 is 42.3 Å². The molecule has 3 aliphatic rings. The second-order valence-corrected chi connectivity index (χ2v) is 8.04. The van der Waals surface area contributed by atoms with Gasteiger partial charge in [-0.3, -0.25) is 4.79 Å². The number of nitrogens with one attached hydrogen (secondary N) is 1. The van der Waals surface area contributed by atoms with Crippen molar-refractivity contribution in [1.82, 2.24) is 0 Å². The van der Waals surface area contributed by atoms with Crippen LogP contribution in [-0.4, -0.2) is 54.8 Å². The fraction of sp³-hybridized carbons (Fsp3) is 0.650. The lowest BCUT2D eigenvalue weighted by Crippen LogP contribution is -2.58. The molecule has 3 saturated heterocycles. The molecule has 0 saturated carbocycles. The Morgan fingerprint density at radius 2 is 1.57 bits per heavy atom. The Labute approximate surface area is 164 Å². The van der Waals surface area contributed by atoms with Crippen LogP contribution < -0.4 is 10.1 Å². The van der Waals surface area contributed by atoms with Gasteiger partial charge in [-0.2, -0.15) is 0 Å². The zero-order chi connectivity index (χ0) is 20.1. The summed E-state index contributed by atoms with van der Waals surface area (Å²) >= 11 is 0. The van der Waals surface area contributed by atoms with Crippen LogP contribution in [0.25, 0.3) is 0 Å². The van der Waals surface area contributed by atoms with Crippen molar-refractivity contribution in [3.63, 3.8) is 0 Å². The van der Waals surface area contributed by atoms with Crippen molar-refractivity contribution in [2.45, 2.75) is 76.9 Å². The van der Waals surface area contributed by atoms with Crippen LogP contribution in [0.3, 0.4) is 0 Å². The average molecular weight is 393 g/mol. The monoisotopic (exact) mass is 393 g/mol. The molecule has 0 aromatic heterocycles. The van der Waals surface area contributed by atoms with Crippen LogP contribution >= 0.6 is 0 Å². The van der Waals surface area contributed by atoms with Crippen molar-refractivity contribution >= 4 is 11.6 Å². The number of carbonyl (C=O) groups is 1. The molecule has 0 aliphatic carbocycles. The number of hydrogen-bond donors (Lipinski definition) is 1. The van der Waals surface area contributed by atoms with E-state index in [1.54, 1.807) is 38.1 Å². The Morgan fingerprint density at radius 1 is 0.964 bits per heavy atom. The lowest BCUT2D eigenvalue weighted by Gasteiger charge is -2.36. The minimum atomic E-state index is -0.892. The van der Waals surface area contributed by atoms with Gasteiger partial charge >= 0.3 is 0 Å². The Morgan fingerprint density at radius 3 is 2.25 bits per heavy atom. The van der Waals surface area contributed by atoms with E-state index >= 15 is 0 Å². The molecular weight excluding hydrogens is 366 g/mol. The third-order valence-corrected chi connectivity index (χ3v) is 4.85. The summed E-state index contributed by atoms with van der Waals surface area (Å²) in [6.45, 7) is 9.73. The second kappa shape index (κ2) is 6.96. The van der Waals surface area contributed by atoms with Gasteiger partial charge in [-0.15, -0.1) is 0 Å². The highest BCUT2D eigenvalue weighted by Gasteiger charge is 2.62. The van der Waals surface area contributed by atoms with Crippen LogP contribution in [0, 0.1) is 0 Å². The summed E-state index contributed by atoms with van der Waals surface area (Å²) in [5, 5.41) is 2.87. The van der Waals surface area contributed by atoms with E-state index in [-0.39, 0.29) is 5.91 Å². The summed E-state index contributed by atoms with van der Waals surface area (Å²) in [4.78, 5) is 13.0. The maximum Gasteiger partial charge on any atom is 0.256 e. The van der Waals surface area contributed by atoms with Gasteiger partial charge in [0, 0.05) is 5.69 Å². The van der Waals surface area contributed by atoms with Crippen molar-refractivity contribution in [3.8, 4) is 5.75 Å². The molecule has 1 aromatic rings. The van der Waals surface area contributed by atoms with E-state index in [1.807, 2.05) is 20.8 Å². The number of amides is 1. The maximum atomic E-state index is 13.0. The average Bonchev–Trinajstić information content (AvgIpc) is 3.10. The van der Waals surface area contributed by atoms with Gasteiger partial charge in [0.1, 0.15) is 24.1 Å². The first-order valence-corrected chi connectivity index (χ1v) is 9.58. The number of ether oxygens (including phenoxy) is 6. The molecule has 8 heteroatoms. The van der Waals surface area contributed by atoms with Gasteiger partial charge in [0.05, 0.1) is 6.61 Å². The molecule has 0 bridgehead atoms. The van der Waals surface area contributed by atoms with E-state index in [0.29, 0.717) is 12.3 Å². The van der Waals surface area contributed by atoms with E-state index in [4.69, 9.17) is 28.4 Å². The van der Waals surface area contributed by atoms with Gasteiger partial charge < -0.3 is 33.7 Å². The third-order valence-electron chi connectivity index (χ3n) is 4.85. The summed E-state index contributed by atoms with van der Waals surface area (Å²) in [6.07, 6.45) is -3.12. The Bertz CT molecular complexity index is 733. The fourth-order valence-corrected chi connectivity index (χ4v) is 3.84.